The molecule has 0 unspecified atom stereocenters. The fourth-order valence-electron chi connectivity index (χ4n) is 4.70. The van der Waals surface area contributed by atoms with Gasteiger partial charge in [-0.25, -0.2) is 4.98 Å². The van der Waals surface area contributed by atoms with E-state index in [1.807, 2.05) is 30.3 Å². The summed E-state index contributed by atoms with van der Waals surface area (Å²) in [4.78, 5) is 24.3. The Bertz CT molecular complexity index is 1670. The second kappa shape index (κ2) is 9.01. The van der Waals surface area contributed by atoms with Gasteiger partial charge >= 0.3 is 6.18 Å². The Balaban J connectivity index is 1.51. The third-order valence-corrected chi connectivity index (χ3v) is 6.57. The molecule has 0 saturated carbocycles. The van der Waals surface area contributed by atoms with Crippen LogP contribution in [0.1, 0.15) is 5.56 Å². The Morgan fingerprint density at radius 2 is 1.65 bits per heavy atom. The van der Waals surface area contributed by atoms with E-state index in [4.69, 9.17) is 4.74 Å². The van der Waals surface area contributed by atoms with Gasteiger partial charge in [0, 0.05) is 53.6 Å². The van der Waals surface area contributed by atoms with E-state index in [-0.39, 0.29) is 5.69 Å². The lowest BCUT2D eigenvalue weighted by molar-refractivity contribution is -0.137. The molecule has 0 bridgehead atoms. The summed E-state index contributed by atoms with van der Waals surface area (Å²) >= 11 is 0. The molecule has 1 saturated heterocycles. The molecule has 1 aliphatic rings. The van der Waals surface area contributed by atoms with Gasteiger partial charge in [-0.15, -0.1) is 0 Å². The number of halogens is 3. The van der Waals surface area contributed by atoms with Crippen LogP contribution in [0.15, 0.2) is 83.9 Å². The van der Waals surface area contributed by atoms with Crippen molar-refractivity contribution in [3.05, 3.63) is 95.0 Å². The molecule has 9 heteroatoms. The number of pyridine rings is 3. The maximum absolute atomic E-state index is 13.4. The zero-order valence-electron chi connectivity index (χ0n) is 19.6. The molecule has 5 aromatic rings. The third-order valence-electron chi connectivity index (χ3n) is 6.57. The number of hydrogen-bond donors (Lipinski definition) is 0. The highest BCUT2D eigenvalue weighted by Crippen LogP contribution is 2.33. The first-order valence-electron chi connectivity index (χ1n) is 11.8. The molecule has 37 heavy (non-hydrogen) atoms. The van der Waals surface area contributed by atoms with Crippen LogP contribution < -0.4 is 10.5 Å². The second-order valence-corrected chi connectivity index (χ2v) is 8.85. The lowest BCUT2D eigenvalue weighted by Crippen LogP contribution is -2.36. The fraction of sp³-hybridized carbons (Fsp3) is 0.179. The molecule has 0 N–H and O–H groups in total. The molecule has 0 atom stereocenters. The first-order valence-corrected chi connectivity index (χ1v) is 11.8. The van der Waals surface area contributed by atoms with Gasteiger partial charge in [-0.2, -0.15) is 13.2 Å². The molecule has 1 fully saturated rings. The number of rotatable bonds is 3. The zero-order valence-corrected chi connectivity index (χ0v) is 19.6. The van der Waals surface area contributed by atoms with Crippen LogP contribution in [0.3, 0.4) is 0 Å². The number of alkyl halides is 3. The van der Waals surface area contributed by atoms with Crippen LogP contribution >= 0.6 is 0 Å². The van der Waals surface area contributed by atoms with Crippen molar-refractivity contribution in [3.63, 3.8) is 0 Å². The summed E-state index contributed by atoms with van der Waals surface area (Å²) < 4.78 is 47.0. The fourth-order valence-corrected chi connectivity index (χ4v) is 4.70. The van der Waals surface area contributed by atoms with E-state index in [1.54, 1.807) is 18.5 Å². The average molecular weight is 502 g/mol. The number of benzene rings is 2. The highest BCUT2D eigenvalue weighted by molar-refractivity contribution is 6.05. The predicted octanol–water partition coefficient (Wildman–Crippen LogP) is 5.46. The lowest BCUT2D eigenvalue weighted by atomic mass is 10.0. The van der Waals surface area contributed by atoms with Gasteiger partial charge in [0.1, 0.15) is 5.82 Å². The normalized spacial score (nSPS) is 14.4. The number of aromatic nitrogens is 3. The second-order valence-electron chi connectivity index (χ2n) is 8.85. The molecule has 0 radical (unpaired) electrons. The summed E-state index contributed by atoms with van der Waals surface area (Å²) in [5.74, 6) is 0.873. The van der Waals surface area contributed by atoms with Crippen molar-refractivity contribution < 1.29 is 17.9 Å². The quantitative estimate of drug-likeness (QED) is 0.307. The monoisotopic (exact) mass is 502 g/mol. The zero-order chi connectivity index (χ0) is 25.6. The number of anilines is 1. The summed E-state index contributed by atoms with van der Waals surface area (Å²) in [5.41, 5.74) is 1.74. The van der Waals surface area contributed by atoms with E-state index < -0.39 is 17.3 Å². The molecule has 2 aromatic carbocycles. The molecular weight excluding hydrogens is 481 g/mol. The first kappa shape index (κ1) is 23.2. The van der Waals surface area contributed by atoms with Gasteiger partial charge in [-0.3, -0.25) is 14.3 Å². The summed E-state index contributed by atoms with van der Waals surface area (Å²) in [5, 5.41) is 1.30. The third kappa shape index (κ3) is 4.31. The molecule has 0 spiro atoms. The highest BCUT2D eigenvalue weighted by atomic mass is 19.4. The van der Waals surface area contributed by atoms with Gasteiger partial charge < -0.3 is 9.64 Å². The largest absolute Gasteiger partial charge is 0.416 e. The van der Waals surface area contributed by atoms with Gasteiger partial charge in [0.15, 0.2) is 0 Å². The Hall–Kier alpha value is -4.24. The SMILES string of the molecule is O=c1ccc2cnc3ccc(-c4ccc(N5CCOCC5)nc4)cc3c2n1-c1cccc(C(F)(F)F)c1. The number of nitrogens with zero attached hydrogens (tertiary/aromatic N) is 4. The molecule has 0 amide bonds. The molecule has 186 valence electrons. The van der Waals surface area contributed by atoms with Gasteiger partial charge in [0.25, 0.3) is 5.56 Å². The van der Waals surface area contributed by atoms with E-state index in [1.165, 1.54) is 22.8 Å². The van der Waals surface area contributed by atoms with E-state index in [2.05, 4.69) is 14.9 Å². The molecule has 3 aromatic heterocycles. The van der Waals surface area contributed by atoms with E-state index >= 15 is 0 Å². The van der Waals surface area contributed by atoms with Gasteiger partial charge in [0.05, 0.1) is 29.8 Å². The summed E-state index contributed by atoms with van der Waals surface area (Å²) in [6.45, 7) is 2.91. The predicted molar refractivity (Wildman–Crippen MR) is 136 cm³/mol. The lowest BCUT2D eigenvalue weighted by Gasteiger charge is -2.27. The summed E-state index contributed by atoms with van der Waals surface area (Å²) in [6, 6.07) is 17.4. The molecule has 0 aliphatic carbocycles. The molecule has 1 aliphatic heterocycles. The highest BCUT2D eigenvalue weighted by Gasteiger charge is 2.30. The van der Waals surface area contributed by atoms with Crippen molar-refractivity contribution in [3.8, 4) is 16.8 Å². The van der Waals surface area contributed by atoms with E-state index in [0.717, 1.165) is 42.2 Å². The molecule has 6 nitrogen and oxygen atoms in total. The van der Waals surface area contributed by atoms with Crippen molar-refractivity contribution >= 4 is 27.6 Å². The van der Waals surface area contributed by atoms with E-state index in [0.29, 0.717) is 35.0 Å². The summed E-state index contributed by atoms with van der Waals surface area (Å²) in [7, 11) is 0. The number of morpholine rings is 1. The van der Waals surface area contributed by atoms with Gasteiger partial charge in [-0.1, -0.05) is 12.1 Å². The smallest absolute Gasteiger partial charge is 0.378 e. The minimum atomic E-state index is -4.53. The Morgan fingerprint density at radius 3 is 2.41 bits per heavy atom. The molecule has 4 heterocycles. The van der Waals surface area contributed by atoms with Crippen molar-refractivity contribution in [1.29, 1.82) is 0 Å². The number of fused-ring (bicyclic) bond motifs is 3. The Labute approximate surface area is 209 Å². The Morgan fingerprint density at radius 1 is 0.838 bits per heavy atom. The number of hydrogen-bond acceptors (Lipinski definition) is 5. The molecular formula is C28H21F3N4O2. The topological polar surface area (TPSA) is 60.3 Å². The average Bonchev–Trinajstić information content (AvgIpc) is 2.93. The van der Waals surface area contributed by atoms with E-state index in [9.17, 15) is 18.0 Å². The Kier molecular flexibility index (Phi) is 5.64. The van der Waals surface area contributed by atoms with Crippen LogP contribution in [0, 0.1) is 0 Å². The summed E-state index contributed by atoms with van der Waals surface area (Å²) in [6.07, 6.45) is -1.11. The van der Waals surface area contributed by atoms with Gasteiger partial charge in [-0.05, 0) is 54.1 Å². The van der Waals surface area contributed by atoms with Crippen LogP contribution in [0.25, 0.3) is 38.6 Å². The van der Waals surface area contributed by atoms with Crippen LogP contribution in [-0.4, -0.2) is 40.8 Å². The maximum Gasteiger partial charge on any atom is 0.416 e. The maximum atomic E-state index is 13.4. The standard InChI is InChI=1S/C28H21F3N4O2/c29-28(30,31)21-2-1-3-22(15-21)35-26(36)9-6-20-17-32-24-7-4-18(14-23(24)27(20)35)19-5-8-25(33-16-19)34-10-12-37-13-11-34/h1-9,14-17H,10-13H2. The van der Waals surface area contributed by atoms with Crippen LogP contribution in [0.2, 0.25) is 0 Å². The van der Waals surface area contributed by atoms with Gasteiger partial charge in [0.2, 0.25) is 0 Å². The van der Waals surface area contributed by atoms with Crippen LogP contribution in [-0.2, 0) is 10.9 Å². The van der Waals surface area contributed by atoms with Crippen LogP contribution in [0.4, 0.5) is 19.0 Å². The van der Waals surface area contributed by atoms with Crippen LogP contribution in [0.5, 0.6) is 0 Å². The number of ether oxygens (including phenoxy) is 1. The minimum absolute atomic E-state index is 0.139. The van der Waals surface area contributed by atoms with Crippen molar-refractivity contribution in [2.24, 2.45) is 0 Å². The van der Waals surface area contributed by atoms with Crippen molar-refractivity contribution in [1.82, 2.24) is 14.5 Å². The minimum Gasteiger partial charge on any atom is -0.378 e. The molecule has 6 rings (SSSR count). The van der Waals surface area contributed by atoms with Crippen molar-refractivity contribution in [2.45, 2.75) is 6.18 Å². The first-order chi connectivity index (χ1) is 17.9. The van der Waals surface area contributed by atoms with Crippen molar-refractivity contribution in [2.75, 3.05) is 31.2 Å².